The number of hydrogen-bond acceptors (Lipinski definition) is 5. The van der Waals surface area contributed by atoms with Crippen molar-refractivity contribution >= 4 is 23.3 Å². The topological polar surface area (TPSA) is 81.3 Å². The van der Waals surface area contributed by atoms with Gasteiger partial charge in [0.1, 0.15) is 23.3 Å². The number of carbonyl (C=O) groups excluding carboxylic acids is 1. The lowest BCUT2D eigenvalue weighted by atomic mass is 10.2. The largest absolute Gasteiger partial charge is 0.377 e. The zero-order valence-electron chi connectivity index (χ0n) is 9.39. The minimum Gasteiger partial charge on any atom is -0.377 e. The first kappa shape index (κ1) is 12.1. The van der Waals surface area contributed by atoms with Gasteiger partial charge in [0.2, 0.25) is 5.91 Å². The summed E-state index contributed by atoms with van der Waals surface area (Å²) >= 11 is 5.94. The second-order valence-electron chi connectivity index (χ2n) is 3.80. The molecule has 1 saturated heterocycles. The Kier molecular flexibility index (Phi) is 3.44. The van der Waals surface area contributed by atoms with Crippen molar-refractivity contribution in [3.63, 3.8) is 0 Å². The molecule has 1 fully saturated rings. The van der Waals surface area contributed by atoms with E-state index in [9.17, 15) is 4.79 Å². The van der Waals surface area contributed by atoms with E-state index in [0.717, 1.165) is 5.56 Å². The number of primary amides is 1. The maximum atomic E-state index is 11.4. The van der Waals surface area contributed by atoms with Crippen LogP contribution < -0.4 is 10.6 Å². The van der Waals surface area contributed by atoms with Crippen LogP contribution in [0.2, 0.25) is 5.15 Å². The van der Waals surface area contributed by atoms with Crippen LogP contribution in [0.3, 0.4) is 0 Å². The van der Waals surface area contributed by atoms with E-state index in [1.165, 1.54) is 6.33 Å². The highest BCUT2D eigenvalue weighted by molar-refractivity contribution is 6.30. The average molecular weight is 257 g/mol. The Morgan fingerprint density at radius 3 is 3.12 bits per heavy atom. The van der Waals surface area contributed by atoms with E-state index < -0.39 is 11.9 Å². The minimum absolute atomic E-state index is 0.274. The summed E-state index contributed by atoms with van der Waals surface area (Å²) in [7, 11) is 0. The lowest BCUT2D eigenvalue weighted by molar-refractivity contribution is -0.121. The van der Waals surface area contributed by atoms with E-state index >= 15 is 0 Å². The van der Waals surface area contributed by atoms with Gasteiger partial charge in [-0.2, -0.15) is 0 Å². The Hall–Kier alpha value is -1.40. The molecule has 1 aliphatic rings. The van der Waals surface area contributed by atoms with Gasteiger partial charge in [-0.25, -0.2) is 9.97 Å². The molecule has 1 aromatic rings. The highest BCUT2D eigenvalue weighted by atomic mass is 35.5. The molecule has 2 heterocycles. The highest BCUT2D eigenvalue weighted by Gasteiger charge is 2.30. The molecule has 0 saturated carbocycles. The van der Waals surface area contributed by atoms with Crippen LogP contribution in [-0.4, -0.2) is 41.7 Å². The fourth-order valence-electron chi connectivity index (χ4n) is 1.80. The minimum atomic E-state index is -0.506. The van der Waals surface area contributed by atoms with Crippen molar-refractivity contribution in [1.82, 2.24) is 9.97 Å². The van der Waals surface area contributed by atoms with Gasteiger partial charge in [0.15, 0.2) is 0 Å². The molecule has 1 amide bonds. The van der Waals surface area contributed by atoms with Gasteiger partial charge in [-0.3, -0.25) is 4.79 Å². The highest BCUT2D eigenvalue weighted by Crippen LogP contribution is 2.24. The molecule has 1 aromatic heterocycles. The molecule has 0 spiro atoms. The summed E-state index contributed by atoms with van der Waals surface area (Å²) in [4.78, 5) is 21.2. The number of rotatable bonds is 2. The summed E-state index contributed by atoms with van der Waals surface area (Å²) < 4.78 is 5.25. The smallest absolute Gasteiger partial charge is 0.242 e. The van der Waals surface area contributed by atoms with Crippen molar-refractivity contribution < 1.29 is 9.53 Å². The first-order valence-corrected chi connectivity index (χ1v) is 5.60. The van der Waals surface area contributed by atoms with E-state index in [0.29, 0.717) is 24.1 Å². The lowest BCUT2D eigenvalue weighted by Gasteiger charge is -2.35. The van der Waals surface area contributed by atoms with Gasteiger partial charge in [0.05, 0.1) is 13.2 Å². The molecule has 6 nitrogen and oxygen atoms in total. The second kappa shape index (κ2) is 4.85. The van der Waals surface area contributed by atoms with Crippen LogP contribution >= 0.6 is 11.6 Å². The molecule has 2 N–H and O–H groups in total. The molecule has 7 heteroatoms. The summed E-state index contributed by atoms with van der Waals surface area (Å²) in [5, 5.41) is 0.379. The van der Waals surface area contributed by atoms with Gasteiger partial charge >= 0.3 is 0 Å². The van der Waals surface area contributed by atoms with E-state index in [1.54, 1.807) is 0 Å². The fraction of sp³-hybridized carbons (Fsp3) is 0.500. The van der Waals surface area contributed by atoms with Gasteiger partial charge in [-0.05, 0) is 6.92 Å². The van der Waals surface area contributed by atoms with E-state index in [1.807, 2.05) is 11.8 Å². The number of amides is 1. The van der Waals surface area contributed by atoms with Crippen molar-refractivity contribution in [2.45, 2.75) is 13.0 Å². The summed E-state index contributed by atoms with van der Waals surface area (Å²) in [6, 6.07) is -0.506. The SMILES string of the molecule is Cc1c(Cl)ncnc1N1CCOCC1C(N)=O. The summed E-state index contributed by atoms with van der Waals surface area (Å²) in [5.74, 6) is 0.205. The lowest BCUT2D eigenvalue weighted by Crippen LogP contribution is -2.53. The molecule has 1 atom stereocenters. The number of nitrogens with two attached hydrogens (primary N) is 1. The Labute approximate surface area is 104 Å². The molecule has 17 heavy (non-hydrogen) atoms. The molecule has 1 aliphatic heterocycles. The fourth-order valence-corrected chi connectivity index (χ4v) is 1.93. The summed E-state index contributed by atoms with van der Waals surface area (Å²) in [6.45, 7) is 3.17. The number of hydrogen-bond donors (Lipinski definition) is 1. The number of aromatic nitrogens is 2. The summed E-state index contributed by atoms with van der Waals surface area (Å²) in [6.07, 6.45) is 1.37. The van der Waals surface area contributed by atoms with Crippen molar-refractivity contribution in [1.29, 1.82) is 0 Å². The van der Waals surface area contributed by atoms with Gasteiger partial charge in [-0.15, -0.1) is 0 Å². The number of halogens is 1. The van der Waals surface area contributed by atoms with Crippen LogP contribution in [0, 0.1) is 6.92 Å². The molecule has 0 aliphatic carbocycles. The van der Waals surface area contributed by atoms with Crippen LogP contribution in [0.5, 0.6) is 0 Å². The van der Waals surface area contributed by atoms with Gasteiger partial charge in [0.25, 0.3) is 0 Å². The number of anilines is 1. The third-order valence-electron chi connectivity index (χ3n) is 2.72. The average Bonchev–Trinajstić information content (AvgIpc) is 2.33. The number of carbonyl (C=O) groups is 1. The molecular weight excluding hydrogens is 244 g/mol. The Bertz CT molecular complexity index is 440. The van der Waals surface area contributed by atoms with Crippen LogP contribution in [0.4, 0.5) is 5.82 Å². The van der Waals surface area contributed by atoms with Crippen molar-refractivity contribution in [2.24, 2.45) is 5.73 Å². The van der Waals surface area contributed by atoms with Gasteiger partial charge in [-0.1, -0.05) is 11.6 Å². The quantitative estimate of drug-likeness (QED) is 0.761. The maximum absolute atomic E-state index is 11.4. The zero-order valence-corrected chi connectivity index (χ0v) is 10.1. The van der Waals surface area contributed by atoms with Gasteiger partial charge in [0, 0.05) is 12.1 Å². The molecule has 2 rings (SSSR count). The predicted octanol–water partition coefficient (Wildman–Crippen LogP) is 0.129. The third kappa shape index (κ3) is 2.32. The maximum Gasteiger partial charge on any atom is 0.242 e. The molecule has 1 unspecified atom stereocenters. The molecular formula is C10H13ClN4O2. The van der Waals surface area contributed by atoms with Crippen LogP contribution in [-0.2, 0) is 9.53 Å². The number of morpholine rings is 1. The first-order valence-electron chi connectivity index (χ1n) is 5.22. The number of ether oxygens (including phenoxy) is 1. The molecule has 0 bridgehead atoms. The first-order chi connectivity index (χ1) is 8.11. The van der Waals surface area contributed by atoms with Crippen molar-refractivity contribution in [2.75, 3.05) is 24.7 Å². The number of nitrogens with zero attached hydrogens (tertiary/aromatic N) is 3. The van der Waals surface area contributed by atoms with E-state index in [4.69, 9.17) is 22.1 Å². The third-order valence-corrected chi connectivity index (χ3v) is 3.11. The van der Waals surface area contributed by atoms with Crippen LogP contribution in [0.15, 0.2) is 6.33 Å². The van der Waals surface area contributed by atoms with Crippen molar-refractivity contribution in [3.8, 4) is 0 Å². The predicted molar refractivity (Wildman–Crippen MR) is 62.9 cm³/mol. The normalized spacial score (nSPS) is 20.4. The van der Waals surface area contributed by atoms with Crippen molar-refractivity contribution in [3.05, 3.63) is 17.0 Å². The Morgan fingerprint density at radius 2 is 2.41 bits per heavy atom. The summed E-state index contributed by atoms with van der Waals surface area (Å²) in [5.41, 5.74) is 6.08. The Balaban J connectivity index is 2.36. The molecule has 92 valence electrons. The van der Waals surface area contributed by atoms with E-state index in [2.05, 4.69) is 9.97 Å². The Morgan fingerprint density at radius 1 is 1.65 bits per heavy atom. The van der Waals surface area contributed by atoms with Crippen LogP contribution in [0.1, 0.15) is 5.56 Å². The second-order valence-corrected chi connectivity index (χ2v) is 4.16. The molecule has 0 aromatic carbocycles. The monoisotopic (exact) mass is 256 g/mol. The van der Waals surface area contributed by atoms with Crippen LogP contribution in [0.25, 0.3) is 0 Å². The standard InChI is InChI=1S/C10H13ClN4O2/c1-6-8(11)13-5-14-10(6)15-2-3-17-4-7(15)9(12)16/h5,7H,2-4H2,1H3,(H2,12,16). The molecule has 0 radical (unpaired) electrons. The zero-order chi connectivity index (χ0) is 12.4. The van der Waals surface area contributed by atoms with E-state index in [-0.39, 0.29) is 6.61 Å². The van der Waals surface area contributed by atoms with Gasteiger partial charge < -0.3 is 15.4 Å².